The summed E-state index contributed by atoms with van der Waals surface area (Å²) in [6.45, 7) is -0.985. The van der Waals surface area contributed by atoms with Crippen LogP contribution in [-0.4, -0.2) is 24.6 Å². The number of benzene rings is 2. The molecule has 148 valence electrons. The van der Waals surface area contributed by atoms with Crippen LogP contribution in [0.2, 0.25) is 5.02 Å². The molecule has 0 amide bonds. The maximum Gasteiger partial charge on any atom is 0.430 e. The van der Waals surface area contributed by atoms with E-state index in [1.54, 1.807) is 0 Å². The maximum absolute atomic E-state index is 13.6. The van der Waals surface area contributed by atoms with Crippen LogP contribution in [0.25, 0.3) is 0 Å². The first kappa shape index (κ1) is 21.2. The first-order chi connectivity index (χ1) is 12.4. The van der Waals surface area contributed by atoms with Gasteiger partial charge in [-0.25, -0.2) is 0 Å². The molecule has 0 unspecified atom stereocenters. The molecule has 0 fully saturated rings. The minimum absolute atomic E-state index is 0.0681. The van der Waals surface area contributed by atoms with Gasteiger partial charge in [-0.2, -0.15) is 26.3 Å². The second-order valence-electron chi connectivity index (χ2n) is 5.48. The Morgan fingerprint density at radius 2 is 1.48 bits per heavy atom. The molecule has 0 aliphatic heterocycles. The van der Waals surface area contributed by atoms with Crippen molar-refractivity contribution in [2.24, 2.45) is 0 Å². The lowest BCUT2D eigenvalue weighted by atomic mass is 9.91. The Labute approximate surface area is 155 Å². The fourth-order valence-corrected chi connectivity index (χ4v) is 2.55. The monoisotopic (exact) mass is 414 g/mol. The van der Waals surface area contributed by atoms with E-state index in [1.165, 1.54) is 31.4 Å². The Morgan fingerprint density at radius 1 is 0.926 bits per heavy atom. The van der Waals surface area contributed by atoms with Crippen molar-refractivity contribution in [3.63, 3.8) is 0 Å². The van der Waals surface area contributed by atoms with Crippen molar-refractivity contribution in [3.8, 4) is 11.5 Å². The first-order valence-electron chi connectivity index (χ1n) is 7.31. The molecule has 2 aromatic carbocycles. The number of aromatic hydroxyl groups is 1. The molecule has 0 bridgehead atoms. The van der Waals surface area contributed by atoms with Gasteiger partial charge in [0.2, 0.25) is 0 Å². The number of halogens is 7. The quantitative estimate of drug-likeness (QED) is 0.648. The molecule has 0 saturated carbocycles. The van der Waals surface area contributed by atoms with Crippen LogP contribution in [0.5, 0.6) is 11.5 Å². The third-order valence-corrected chi connectivity index (χ3v) is 4.07. The number of rotatable bonds is 5. The minimum Gasteiger partial charge on any atom is -0.506 e. The Hall–Kier alpha value is -2.13. The maximum atomic E-state index is 13.6. The molecule has 10 heteroatoms. The third-order valence-electron chi connectivity index (χ3n) is 3.77. The largest absolute Gasteiger partial charge is 0.506 e. The lowest BCUT2D eigenvalue weighted by molar-refractivity contribution is -0.392. The molecule has 2 rings (SSSR count). The van der Waals surface area contributed by atoms with Gasteiger partial charge in [0.25, 0.3) is 5.60 Å². The van der Waals surface area contributed by atoms with E-state index in [4.69, 9.17) is 16.3 Å². The van der Waals surface area contributed by atoms with Crippen LogP contribution in [0, 0.1) is 0 Å². The van der Waals surface area contributed by atoms with Crippen LogP contribution in [0.4, 0.5) is 26.3 Å². The average Bonchev–Trinajstić information content (AvgIpc) is 2.56. The Balaban J connectivity index is 2.52. The number of methoxy groups -OCH3 is 1. The molecule has 0 aromatic heterocycles. The summed E-state index contributed by atoms with van der Waals surface area (Å²) in [4.78, 5) is 0. The van der Waals surface area contributed by atoms with Crippen molar-refractivity contribution in [3.05, 3.63) is 58.6 Å². The third kappa shape index (κ3) is 4.08. The number of ether oxygens (including phenoxy) is 2. The average molecular weight is 415 g/mol. The summed E-state index contributed by atoms with van der Waals surface area (Å²) in [5.41, 5.74) is -5.85. The van der Waals surface area contributed by atoms with E-state index in [2.05, 4.69) is 4.74 Å². The van der Waals surface area contributed by atoms with Gasteiger partial charge in [0.1, 0.15) is 11.5 Å². The van der Waals surface area contributed by atoms with E-state index in [9.17, 15) is 31.4 Å². The van der Waals surface area contributed by atoms with Crippen molar-refractivity contribution < 1.29 is 40.9 Å². The molecule has 2 aromatic rings. The number of phenols is 1. The first-order valence-corrected chi connectivity index (χ1v) is 7.69. The number of hydrogen-bond donors (Lipinski definition) is 1. The molecule has 0 radical (unpaired) electrons. The van der Waals surface area contributed by atoms with Gasteiger partial charge in [0.05, 0.1) is 18.7 Å². The summed E-state index contributed by atoms with van der Waals surface area (Å²) in [5.74, 6) is -0.282. The molecular weight excluding hydrogens is 402 g/mol. The zero-order valence-electron chi connectivity index (χ0n) is 13.7. The van der Waals surface area contributed by atoms with Crippen LogP contribution in [-0.2, 0) is 16.9 Å². The summed E-state index contributed by atoms with van der Waals surface area (Å²) >= 11 is 5.52. The fourth-order valence-electron chi connectivity index (χ4n) is 2.37. The minimum atomic E-state index is -5.85. The van der Waals surface area contributed by atoms with Crippen LogP contribution >= 0.6 is 11.6 Å². The highest BCUT2D eigenvalue weighted by Gasteiger charge is 2.73. The number of alkyl halides is 6. The second kappa shape index (κ2) is 7.47. The molecular formula is C17H13ClF6O3. The predicted molar refractivity (Wildman–Crippen MR) is 84.7 cm³/mol. The van der Waals surface area contributed by atoms with E-state index in [-0.39, 0.29) is 5.56 Å². The van der Waals surface area contributed by atoms with Gasteiger partial charge in [-0.3, -0.25) is 0 Å². The summed E-state index contributed by atoms with van der Waals surface area (Å²) in [6, 6.07) is 6.79. The summed E-state index contributed by atoms with van der Waals surface area (Å²) < 4.78 is 91.2. The van der Waals surface area contributed by atoms with Crippen LogP contribution in [0.3, 0.4) is 0 Å². The summed E-state index contributed by atoms with van der Waals surface area (Å²) in [6.07, 6.45) is -11.7. The van der Waals surface area contributed by atoms with Crippen LogP contribution in [0.15, 0.2) is 42.5 Å². The molecule has 0 heterocycles. The fraction of sp³-hybridized carbons (Fsp3) is 0.294. The van der Waals surface area contributed by atoms with Gasteiger partial charge in [0.15, 0.2) is 0 Å². The van der Waals surface area contributed by atoms with Gasteiger partial charge in [-0.05, 0) is 29.8 Å². The second-order valence-corrected chi connectivity index (χ2v) is 5.89. The summed E-state index contributed by atoms with van der Waals surface area (Å²) in [5, 5.41) is 8.66. The van der Waals surface area contributed by atoms with E-state index < -0.39 is 40.9 Å². The Kier molecular flexibility index (Phi) is 5.86. The Bertz CT molecular complexity index is 773. The molecule has 27 heavy (non-hydrogen) atoms. The Morgan fingerprint density at radius 3 is 1.93 bits per heavy atom. The van der Waals surface area contributed by atoms with E-state index in [1.807, 2.05) is 0 Å². The molecule has 3 nitrogen and oxygen atoms in total. The van der Waals surface area contributed by atoms with Crippen molar-refractivity contribution in [2.45, 2.75) is 24.6 Å². The topological polar surface area (TPSA) is 38.7 Å². The van der Waals surface area contributed by atoms with Gasteiger partial charge in [0, 0.05) is 5.56 Å². The van der Waals surface area contributed by atoms with E-state index in [0.717, 1.165) is 0 Å². The van der Waals surface area contributed by atoms with Gasteiger partial charge in [-0.1, -0.05) is 29.8 Å². The van der Waals surface area contributed by atoms with Gasteiger partial charge < -0.3 is 14.6 Å². The molecule has 1 N–H and O–H groups in total. The van der Waals surface area contributed by atoms with E-state index >= 15 is 0 Å². The summed E-state index contributed by atoms with van der Waals surface area (Å²) in [7, 11) is 1.36. The molecule has 0 aliphatic carbocycles. The zero-order chi connectivity index (χ0) is 20.5. The zero-order valence-corrected chi connectivity index (χ0v) is 14.4. The van der Waals surface area contributed by atoms with E-state index in [0.29, 0.717) is 23.9 Å². The van der Waals surface area contributed by atoms with Crippen molar-refractivity contribution in [2.75, 3.05) is 7.11 Å². The highest BCUT2D eigenvalue weighted by molar-refractivity contribution is 6.32. The normalized spacial score (nSPS) is 12.9. The van der Waals surface area contributed by atoms with Crippen LogP contribution in [0.1, 0.15) is 11.1 Å². The lowest BCUT2D eigenvalue weighted by Crippen LogP contribution is -2.55. The van der Waals surface area contributed by atoms with Gasteiger partial charge >= 0.3 is 12.4 Å². The highest BCUT2D eigenvalue weighted by Crippen LogP contribution is 2.54. The predicted octanol–water partition coefficient (Wildman–Crippen LogP) is 5.59. The SMILES string of the molecule is COc1ccc(COC(c2ccc(O)c(Cl)c2)(C(F)(F)F)C(F)(F)F)cc1. The number of hydrogen-bond acceptors (Lipinski definition) is 3. The van der Waals surface area contributed by atoms with Crippen molar-refractivity contribution in [1.29, 1.82) is 0 Å². The molecule has 0 aliphatic rings. The molecule has 0 saturated heterocycles. The lowest BCUT2D eigenvalue weighted by Gasteiger charge is -2.37. The van der Waals surface area contributed by atoms with Crippen molar-refractivity contribution in [1.82, 2.24) is 0 Å². The highest BCUT2D eigenvalue weighted by atomic mass is 35.5. The van der Waals surface area contributed by atoms with Crippen molar-refractivity contribution >= 4 is 11.6 Å². The number of phenolic OH excluding ortho intramolecular Hbond substituents is 1. The smallest absolute Gasteiger partial charge is 0.430 e. The molecule has 0 atom stereocenters. The standard InChI is InChI=1S/C17H13ClF6O3/c1-26-12-5-2-10(3-6-12)9-27-15(16(19,20)21,17(22,23)24)11-4-7-14(25)13(18)8-11/h2-8,25H,9H2,1H3. The molecule has 0 spiro atoms. The van der Waals surface area contributed by atoms with Gasteiger partial charge in [-0.15, -0.1) is 0 Å². The van der Waals surface area contributed by atoms with Crippen LogP contribution < -0.4 is 4.74 Å².